The van der Waals surface area contributed by atoms with Crippen molar-refractivity contribution in [3.05, 3.63) is 40.9 Å². The highest BCUT2D eigenvalue weighted by Crippen LogP contribution is 2.28. The normalized spacial score (nSPS) is 12.6. The van der Waals surface area contributed by atoms with Crippen molar-refractivity contribution in [2.24, 2.45) is 0 Å². The molecule has 2 rings (SSSR count). The van der Waals surface area contributed by atoms with Gasteiger partial charge < -0.3 is 4.74 Å². The van der Waals surface area contributed by atoms with Crippen LogP contribution in [0.15, 0.2) is 29.6 Å². The first-order chi connectivity index (χ1) is 9.24. The van der Waals surface area contributed by atoms with Crippen LogP contribution in [0.3, 0.4) is 0 Å². The predicted octanol–water partition coefficient (Wildman–Crippen LogP) is 4.86. The highest BCUT2D eigenvalue weighted by Gasteiger charge is 2.10. The third-order valence-electron chi connectivity index (χ3n) is 3.03. The fourth-order valence-electron chi connectivity index (χ4n) is 1.70. The van der Waals surface area contributed by atoms with Gasteiger partial charge in [0.1, 0.15) is 5.01 Å². The van der Waals surface area contributed by atoms with Crippen molar-refractivity contribution >= 4 is 22.9 Å². The molecule has 1 aromatic heterocycles. The van der Waals surface area contributed by atoms with Gasteiger partial charge in [-0.15, -0.1) is 22.9 Å². The molecule has 0 radical (unpaired) electrons. The summed E-state index contributed by atoms with van der Waals surface area (Å²) < 4.78 is 5.82. The molecule has 0 amide bonds. The van der Waals surface area contributed by atoms with Crippen LogP contribution in [0.25, 0.3) is 10.6 Å². The minimum Gasteiger partial charge on any atom is -0.374 e. The van der Waals surface area contributed by atoms with Crippen LogP contribution in [0, 0.1) is 0 Å². The molecule has 4 heteroatoms. The molecule has 0 bridgehead atoms. The first kappa shape index (κ1) is 14.5. The summed E-state index contributed by atoms with van der Waals surface area (Å²) in [5.74, 6) is 0.460. The Kier molecular flexibility index (Phi) is 5.37. The molecule has 0 N–H and O–H groups in total. The maximum atomic E-state index is 5.82. The van der Waals surface area contributed by atoms with Crippen molar-refractivity contribution in [3.8, 4) is 10.6 Å². The second kappa shape index (κ2) is 7.04. The third kappa shape index (κ3) is 3.78. The Hall–Kier alpha value is -0.900. The fourth-order valence-corrected chi connectivity index (χ4v) is 2.80. The zero-order chi connectivity index (χ0) is 13.7. The van der Waals surface area contributed by atoms with Crippen molar-refractivity contribution in [3.63, 3.8) is 0 Å². The number of halogens is 1. The molecule has 0 aliphatic heterocycles. The number of hydrogen-bond donors (Lipinski definition) is 0. The van der Waals surface area contributed by atoms with Crippen LogP contribution in [0.4, 0.5) is 0 Å². The quantitative estimate of drug-likeness (QED) is 0.710. The molecule has 1 unspecified atom stereocenters. The van der Waals surface area contributed by atoms with E-state index in [1.54, 1.807) is 11.3 Å². The Morgan fingerprint density at radius 2 is 2.16 bits per heavy atom. The first-order valence-corrected chi connectivity index (χ1v) is 7.86. The number of benzene rings is 1. The van der Waals surface area contributed by atoms with Crippen molar-refractivity contribution in [2.45, 2.75) is 38.9 Å². The van der Waals surface area contributed by atoms with Gasteiger partial charge in [0, 0.05) is 10.9 Å². The molecule has 0 saturated carbocycles. The fraction of sp³-hybridized carbons (Fsp3) is 0.400. The van der Waals surface area contributed by atoms with Crippen LogP contribution < -0.4 is 0 Å². The maximum absolute atomic E-state index is 5.82. The second-order valence-corrected chi connectivity index (χ2v) is 5.59. The highest BCUT2D eigenvalue weighted by molar-refractivity contribution is 7.13. The van der Waals surface area contributed by atoms with Crippen LogP contribution in [0.1, 0.15) is 31.5 Å². The van der Waals surface area contributed by atoms with Crippen LogP contribution in [-0.2, 0) is 17.2 Å². The Balaban J connectivity index is 2.20. The smallest absolute Gasteiger partial charge is 0.124 e. The van der Waals surface area contributed by atoms with Gasteiger partial charge in [-0.2, -0.15) is 0 Å². The van der Waals surface area contributed by atoms with E-state index in [9.17, 15) is 0 Å². The number of ether oxygens (including phenoxy) is 1. The monoisotopic (exact) mass is 295 g/mol. The second-order valence-electron chi connectivity index (χ2n) is 4.46. The van der Waals surface area contributed by atoms with Crippen molar-refractivity contribution < 1.29 is 4.74 Å². The SMILES string of the molecule is CCC(C)OCc1ccccc1-c1nc(CCl)cs1. The zero-order valence-electron chi connectivity index (χ0n) is 11.2. The molecule has 0 saturated heterocycles. The van der Waals surface area contributed by atoms with E-state index in [0.717, 1.165) is 22.7 Å². The summed E-state index contributed by atoms with van der Waals surface area (Å²) in [7, 11) is 0. The lowest BCUT2D eigenvalue weighted by atomic mass is 10.1. The highest BCUT2D eigenvalue weighted by atomic mass is 35.5. The number of alkyl halides is 1. The van der Waals surface area contributed by atoms with Crippen LogP contribution >= 0.6 is 22.9 Å². The molecule has 0 aliphatic carbocycles. The lowest BCUT2D eigenvalue weighted by molar-refractivity contribution is 0.0511. The molecule has 1 heterocycles. The van der Waals surface area contributed by atoms with Gasteiger partial charge in [-0.3, -0.25) is 0 Å². The van der Waals surface area contributed by atoms with Crippen LogP contribution in [0.5, 0.6) is 0 Å². The number of nitrogens with zero attached hydrogens (tertiary/aromatic N) is 1. The summed E-state index contributed by atoms with van der Waals surface area (Å²) in [6, 6.07) is 8.25. The average molecular weight is 296 g/mol. The van der Waals surface area contributed by atoms with Gasteiger partial charge in [-0.05, 0) is 18.9 Å². The lowest BCUT2D eigenvalue weighted by Crippen LogP contribution is -2.06. The molecule has 2 aromatic rings. The van der Waals surface area contributed by atoms with E-state index in [2.05, 4.69) is 31.0 Å². The molecule has 1 aromatic carbocycles. The third-order valence-corrected chi connectivity index (χ3v) is 4.23. The number of thiazole rings is 1. The number of rotatable bonds is 6. The molecule has 0 aliphatic rings. The van der Waals surface area contributed by atoms with E-state index in [-0.39, 0.29) is 6.10 Å². The summed E-state index contributed by atoms with van der Waals surface area (Å²) in [5.41, 5.74) is 3.25. The standard InChI is InChI=1S/C15H18ClNOS/c1-3-11(2)18-9-12-6-4-5-7-14(12)15-17-13(8-16)10-19-15/h4-7,10-11H,3,8-9H2,1-2H3. The molecule has 19 heavy (non-hydrogen) atoms. The molecule has 102 valence electrons. The summed E-state index contributed by atoms with van der Waals surface area (Å²) in [6.45, 7) is 4.85. The van der Waals surface area contributed by atoms with Crippen molar-refractivity contribution in [1.29, 1.82) is 0 Å². The Morgan fingerprint density at radius 1 is 1.37 bits per heavy atom. The van der Waals surface area contributed by atoms with E-state index in [4.69, 9.17) is 16.3 Å². The average Bonchev–Trinajstić information content (AvgIpc) is 2.93. The largest absolute Gasteiger partial charge is 0.374 e. The summed E-state index contributed by atoms with van der Waals surface area (Å²) in [4.78, 5) is 4.54. The number of aromatic nitrogens is 1. The lowest BCUT2D eigenvalue weighted by Gasteiger charge is -2.12. The Morgan fingerprint density at radius 3 is 2.84 bits per heavy atom. The molecular weight excluding hydrogens is 278 g/mol. The summed E-state index contributed by atoms with van der Waals surface area (Å²) >= 11 is 7.44. The van der Waals surface area contributed by atoms with Gasteiger partial charge in [0.25, 0.3) is 0 Å². The van der Waals surface area contributed by atoms with Gasteiger partial charge in [0.15, 0.2) is 0 Å². The van der Waals surface area contributed by atoms with Crippen LogP contribution in [0.2, 0.25) is 0 Å². The maximum Gasteiger partial charge on any atom is 0.124 e. The topological polar surface area (TPSA) is 22.1 Å². The molecule has 0 spiro atoms. The van der Waals surface area contributed by atoms with E-state index < -0.39 is 0 Å². The van der Waals surface area contributed by atoms with Crippen LogP contribution in [-0.4, -0.2) is 11.1 Å². The zero-order valence-corrected chi connectivity index (χ0v) is 12.8. The van der Waals surface area contributed by atoms with Crippen molar-refractivity contribution in [1.82, 2.24) is 4.98 Å². The molecule has 0 fully saturated rings. The molecule has 1 atom stereocenters. The molecule has 2 nitrogen and oxygen atoms in total. The minimum atomic E-state index is 0.280. The predicted molar refractivity (Wildman–Crippen MR) is 81.6 cm³/mol. The first-order valence-electron chi connectivity index (χ1n) is 6.44. The summed E-state index contributed by atoms with van der Waals surface area (Å²) in [6.07, 6.45) is 1.30. The van der Waals surface area contributed by atoms with E-state index in [1.165, 1.54) is 5.56 Å². The Bertz CT molecular complexity index is 526. The number of hydrogen-bond acceptors (Lipinski definition) is 3. The van der Waals surface area contributed by atoms with E-state index >= 15 is 0 Å². The van der Waals surface area contributed by atoms with Gasteiger partial charge >= 0.3 is 0 Å². The van der Waals surface area contributed by atoms with Crippen molar-refractivity contribution in [2.75, 3.05) is 0 Å². The van der Waals surface area contributed by atoms with Gasteiger partial charge in [0.05, 0.1) is 24.3 Å². The summed E-state index contributed by atoms with van der Waals surface area (Å²) in [5, 5.41) is 3.02. The van der Waals surface area contributed by atoms with E-state index in [1.807, 2.05) is 17.5 Å². The Labute approximate surface area is 123 Å². The molecular formula is C15H18ClNOS. The minimum absolute atomic E-state index is 0.280. The van der Waals surface area contributed by atoms with E-state index in [0.29, 0.717) is 12.5 Å². The van der Waals surface area contributed by atoms with Gasteiger partial charge in [-0.1, -0.05) is 31.2 Å². The van der Waals surface area contributed by atoms with Gasteiger partial charge in [0.2, 0.25) is 0 Å². The van der Waals surface area contributed by atoms with Gasteiger partial charge in [-0.25, -0.2) is 4.98 Å².